The Morgan fingerprint density at radius 1 is 1.15 bits per heavy atom. The summed E-state index contributed by atoms with van der Waals surface area (Å²) >= 11 is 7.15. The Morgan fingerprint density at radius 2 is 1.88 bits per heavy atom. The van der Waals surface area contributed by atoms with E-state index in [4.69, 9.17) is 30.5 Å². The van der Waals surface area contributed by atoms with Crippen LogP contribution in [0.3, 0.4) is 0 Å². The minimum absolute atomic E-state index is 0.126. The van der Waals surface area contributed by atoms with Crippen molar-refractivity contribution >= 4 is 46.6 Å². The molecule has 2 aromatic carbocycles. The standard InChI is InChI=1S/C24H24ClNO7S/c1-4-31-21(27)14-33-22-18(25)11-16(12-19(22)30-3)13-20-23(28)26(24(29)34-20)9-10-32-17-7-5-15(2)6-8-17/h5-8,11-13H,4,9-10,14H2,1-3H3/b20-13-. The van der Waals surface area contributed by atoms with Gasteiger partial charge in [-0.05, 0) is 61.5 Å². The van der Waals surface area contributed by atoms with Gasteiger partial charge in [-0.2, -0.15) is 0 Å². The van der Waals surface area contributed by atoms with Gasteiger partial charge in [0.25, 0.3) is 11.1 Å². The summed E-state index contributed by atoms with van der Waals surface area (Å²) in [5, 5.41) is -0.197. The second-order valence-corrected chi connectivity index (χ2v) is 8.52. The third-order valence-corrected chi connectivity index (χ3v) is 5.86. The van der Waals surface area contributed by atoms with Crippen LogP contribution in [0.5, 0.6) is 17.2 Å². The molecule has 0 radical (unpaired) electrons. The number of carbonyl (C=O) groups is 3. The molecule has 0 unspecified atom stereocenters. The van der Waals surface area contributed by atoms with Crippen LogP contribution in [0.2, 0.25) is 5.02 Å². The van der Waals surface area contributed by atoms with Crippen molar-refractivity contribution in [1.82, 2.24) is 4.90 Å². The molecule has 8 nitrogen and oxygen atoms in total. The van der Waals surface area contributed by atoms with Gasteiger partial charge in [-0.1, -0.05) is 29.3 Å². The highest BCUT2D eigenvalue weighted by Gasteiger charge is 2.35. The number of aryl methyl sites for hydroxylation is 1. The maximum atomic E-state index is 12.8. The fourth-order valence-electron chi connectivity index (χ4n) is 3.03. The highest BCUT2D eigenvalue weighted by molar-refractivity contribution is 8.18. The molecule has 2 aromatic rings. The summed E-state index contributed by atoms with van der Waals surface area (Å²) in [5.41, 5.74) is 1.64. The van der Waals surface area contributed by atoms with Gasteiger partial charge in [-0.15, -0.1) is 0 Å². The molecular weight excluding hydrogens is 482 g/mol. The number of benzene rings is 2. The number of hydrogen-bond acceptors (Lipinski definition) is 8. The van der Waals surface area contributed by atoms with E-state index >= 15 is 0 Å². The Labute approximate surface area is 206 Å². The molecule has 0 aromatic heterocycles. The summed E-state index contributed by atoms with van der Waals surface area (Å²) in [6, 6.07) is 10.7. The van der Waals surface area contributed by atoms with Gasteiger partial charge < -0.3 is 18.9 Å². The largest absolute Gasteiger partial charge is 0.493 e. The van der Waals surface area contributed by atoms with E-state index in [1.807, 2.05) is 31.2 Å². The quantitative estimate of drug-likeness (QED) is 0.338. The van der Waals surface area contributed by atoms with Gasteiger partial charge in [0.2, 0.25) is 0 Å². The summed E-state index contributed by atoms with van der Waals surface area (Å²) in [4.78, 5) is 38.1. The summed E-state index contributed by atoms with van der Waals surface area (Å²) in [5.74, 6) is 0.162. The highest BCUT2D eigenvalue weighted by atomic mass is 35.5. The second-order valence-electron chi connectivity index (χ2n) is 7.12. The van der Waals surface area contributed by atoms with E-state index in [1.54, 1.807) is 25.1 Å². The van der Waals surface area contributed by atoms with Crippen LogP contribution in [0.4, 0.5) is 4.79 Å². The Bertz CT molecular complexity index is 1100. The highest BCUT2D eigenvalue weighted by Crippen LogP contribution is 2.39. The van der Waals surface area contributed by atoms with Crippen molar-refractivity contribution in [2.24, 2.45) is 0 Å². The van der Waals surface area contributed by atoms with Gasteiger partial charge in [0.05, 0.1) is 30.2 Å². The van der Waals surface area contributed by atoms with Crippen LogP contribution >= 0.6 is 23.4 Å². The summed E-state index contributed by atoms with van der Waals surface area (Å²) in [6.07, 6.45) is 1.55. The van der Waals surface area contributed by atoms with Crippen LogP contribution in [0.15, 0.2) is 41.3 Å². The molecule has 3 rings (SSSR count). The number of nitrogens with zero attached hydrogens (tertiary/aromatic N) is 1. The van der Waals surface area contributed by atoms with E-state index in [0.29, 0.717) is 11.3 Å². The van der Waals surface area contributed by atoms with E-state index in [9.17, 15) is 14.4 Å². The van der Waals surface area contributed by atoms with Crippen molar-refractivity contribution < 1.29 is 33.3 Å². The number of thioether (sulfide) groups is 1. The van der Waals surface area contributed by atoms with Crippen LogP contribution in [0.1, 0.15) is 18.1 Å². The van der Waals surface area contributed by atoms with Crippen molar-refractivity contribution in [2.75, 3.05) is 33.5 Å². The van der Waals surface area contributed by atoms with Crippen molar-refractivity contribution in [1.29, 1.82) is 0 Å². The van der Waals surface area contributed by atoms with Gasteiger partial charge in [0.15, 0.2) is 18.1 Å². The average Bonchev–Trinajstić information content (AvgIpc) is 3.06. The minimum Gasteiger partial charge on any atom is -0.493 e. The fourth-order valence-corrected chi connectivity index (χ4v) is 4.17. The summed E-state index contributed by atoms with van der Waals surface area (Å²) in [7, 11) is 1.43. The van der Waals surface area contributed by atoms with Crippen molar-refractivity contribution in [2.45, 2.75) is 13.8 Å². The normalized spacial score (nSPS) is 14.5. The molecule has 0 saturated carbocycles. The molecule has 1 heterocycles. The number of hydrogen-bond donors (Lipinski definition) is 0. The van der Waals surface area contributed by atoms with Crippen molar-refractivity contribution in [3.63, 3.8) is 0 Å². The number of methoxy groups -OCH3 is 1. The molecule has 180 valence electrons. The first-order valence-electron chi connectivity index (χ1n) is 10.4. The van der Waals surface area contributed by atoms with Gasteiger partial charge in [0.1, 0.15) is 12.4 Å². The maximum absolute atomic E-state index is 12.8. The topological polar surface area (TPSA) is 91.4 Å². The van der Waals surface area contributed by atoms with Crippen LogP contribution < -0.4 is 14.2 Å². The number of halogens is 1. The lowest BCUT2D eigenvalue weighted by Crippen LogP contribution is -2.32. The Morgan fingerprint density at radius 3 is 2.56 bits per heavy atom. The van der Waals surface area contributed by atoms with Crippen LogP contribution in [-0.4, -0.2) is 55.5 Å². The van der Waals surface area contributed by atoms with Gasteiger partial charge in [-0.3, -0.25) is 14.5 Å². The van der Waals surface area contributed by atoms with Crippen molar-refractivity contribution in [3.8, 4) is 17.2 Å². The van der Waals surface area contributed by atoms with Crippen LogP contribution in [-0.2, 0) is 14.3 Å². The molecule has 10 heteroatoms. The first-order valence-corrected chi connectivity index (χ1v) is 11.6. The monoisotopic (exact) mass is 505 g/mol. The van der Waals surface area contributed by atoms with Gasteiger partial charge in [-0.25, -0.2) is 4.79 Å². The van der Waals surface area contributed by atoms with E-state index in [-0.39, 0.29) is 53.0 Å². The molecule has 1 fully saturated rings. The number of esters is 1. The Balaban J connectivity index is 1.68. The predicted molar refractivity (Wildman–Crippen MR) is 129 cm³/mol. The lowest BCUT2D eigenvalue weighted by Gasteiger charge is -2.14. The van der Waals surface area contributed by atoms with E-state index in [1.165, 1.54) is 7.11 Å². The van der Waals surface area contributed by atoms with Crippen molar-refractivity contribution in [3.05, 3.63) is 57.5 Å². The van der Waals surface area contributed by atoms with Crippen LogP contribution in [0.25, 0.3) is 6.08 Å². The predicted octanol–water partition coefficient (Wildman–Crippen LogP) is 4.71. The van der Waals surface area contributed by atoms with Gasteiger partial charge >= 0.3 is 5.97 Å². The zero-order valence-corrected chi connectivity index (χ0v) is 20.5. The zero-order chi connectivity index (χ0) is 24.7. The number of ether oxygens (including phenoxy) is 4. The third kappa shape index (κ3) is 6.45. The molecule has 1 aliphatic heterocycles. The number of amides is 2. The fraction of sp³-hybridized carbons (Fsp3) is 0.292. The van der Waals surface area contributed by atoms with E-state index in [0.717, 1.165) is 22.2 Å². The number of carbonyl (C=O) groups excluding carboxylic acids is 3. The Kier molecular flexibility index (Phi) is 8.84. The van der Waals surface area contributed by atoms with Gasteiger partial charge in [0, 0.05) is 0 Å². The SMILES string of the molecule is CCOC(=O)COc1c(Cl)cc(/C=C2\SC(=O)N(CCOc3ccc(C)cc3)C2=O)cc1OC. The summed E-state index contributed by atoms with van der Waals surface area (Å²) < 4.78 is 21.2. The molecule has 0 spiro atoms. The molecule has 1 aliphatic rings. The van der Waals surface area contributed by atoms with E-state index in [2.05, 4.69) is 0 Å². The van der Waals surface area contributed by atoms with E-state index < -0.39 is 11.9 Å². The first kappa shape index (κ1) is 25.5. The molecular formula is C24H24ClNO7S. The average molecular weight is 506 g/mol. The number of imide groups is 1. The first-order chi connectivity index (χ1) is 16.3. The molecule has 0 bridgehead atoms. The zero-order valence-electron chi connectivity index (χ0n) is 19.0. The third-order valence-electron chi connectivity index (χ3n) is 4.67. The Hall–Kier alpha value is -3.17. The second kappa shape index (κ2) is 11.8. The molecule has 0 atom stereocenters. The lowest BCUT2D eigenvalue weighted by atomic mass is 10.1. The maximum Gasteiger partial charge on any atom is 0.344 e. The lowest BCUT2D eigenvalue weighted by molar-refractivity contribution is -0.145. The number of rotatable bonds is 10. The smallest absolute Gasteiger partial charge is 0.344 e. The molecule has 0 N–H and O–H groups in total. The van der Waals surface area contributed by atoms with Crippen LogP contribution in [0, 0.1) is 6.92 Å². The molecule has 0 aliphatic carbocycles. The molecule has 1 saturated heterocycles. The molecule has 34 heavy (non-hydrogen) atoms. The minimum atomic E-state index is -0.537. The molecule has 2 amide bonds. The summed E-state index contributed by atoms with van der Waals surface area (Å²) in [6.45, 7) is 3.88.